The molecule has 0 aliphatic carbocycles. The predicted octanol–water partition coefficient (Wildman–Crippen LogP) is 3.72. The number of fused-ring (bicyclic) bond motifs is 1. The second-order valence-corrected chi connectivity index (χ2v) is 7.00. The fourth-order valence-corrected chi connectivity index (χ4v) is 2.99. The minimum atomic E-state index is -0.348. The highest BCUT2D eigenvalue weighted by Crippen LogP contribution is 2.32. The number of hydrogen-bond donors (Lipinski definition) is 2. The van der Waals surface area contributed by atoms with Gasteiger partial charge in [0.05, 0.1) is 6.21 Å². The van der Waals surface area contributed by atoms with Gasteiger partial charge in [0.15, 0.2) is 11.5 Å². The van der Waals surface area contributed by atoms with Crippen molar-refractivity contribution in [1.82, 2.24) is 5.43 Å². The van der Waals surface area contributed by atoms with Gasteiger partial charge in [-0.05, 0) is 71.8 Å². The minimum Gasteiger partial charge on any atom is -0.489 e. The number of hydrazone groups is 1. The topological polar surface area (TPSA) is 98.3 Å². The average molecular weight is 431 g/mol. The normalized spacial score (nSPS) is 11.9. The van der Waals surface area contributed by atoms with E-state index in [1.165, 1.54) is 6.92 Å². The van der Waals surface area contributed by atoms with Crippen molar-refractivity contribution in [1.29, 1.82) is 0 Å². The molecule has 8 nitrogen and oxygen atoms in total. The van der Waals surface area contributed by atoms with Gasteiger partial charge in [-0.25, -0.2) is 5.43 Å². The molecule has 1 aliphatic heterocycles. The molecule has 3 aromatic rings. The zero-order chi connectivity index (χ0) is 22.3. The Kier molecular flexibility index (Phi) is 6.31. The lowest BCUT2D eigenvalue weighted by Gasteiger charge is -2.07. The highest BCUT2D eigenvalue weighted by atomic mass is 16.7. The number of nitrogens with one attached hydrogen (secondary N) is 2. The SMILES string of the molecule is CC(=O)Nc1ccc(C(=O)NN=Cc2ccc(OCc3ccc4c(c3)OCO4)cc2)cc1. The lowest BCUT2D eigenvalue weighted by molar-refractivity contribution is -0.114. The number of amides is 2. The molecule has 8 heteroatoms. The lowest BCUT2D eigenvalue weighted by Crippen LogP contribution is -2.17. The number of benzene rings is 3. The number of ether oxygens (including phenoxy) is 3. The highest BCUT2D eigenvalue weighted by molar-refractivity contribution is 5.96. The number of nitrogens with zero attached hydrogens (tertiary/aromatic N) is 1. The molecule has 2 amide bonds. The Hall–Kier alpha value is -4.33. The van der Waals surface area contributed by atoms with Gasteiger partial charge >= 0.3 is 0 Å². The van der Waals surface area contributed by atoms with Crippen molar-refractivity contribution in [3.8, 4) is 17.2 Å². The predicted molar refractivity (Wildman–Crippen MR) is 119 cm³/mol. The monoisotopic (exact) mass is 431 g/mol. The zero-order valence-corrected chi connectivity index (χ0v) is 17.3. The number of anilines is 1. The van der Waals surface area contributed by atoms with Crippen molar-refractivity contribution in [3.05, 3.63) is 83.4 Å². The van der Waals surface area contributed by atoms with Crippen LogP contribution in [0.25, 0.3) is 0 Å². The molecule has 1 heterocycles. The molecule has 0 unspecified atom stereocenters. The van der Waals surface area contributed by atoms with E-state index in [0.29, 0.717) is 23.6 Å². The minimum absolute atomic E-state index is 0.170. The number of carbonyl (C=O) groups excluding carboxylic acids is 2. The summed E-state index contributed by atoms with van der Waals surface area (Å²) in [6, 6.07) is 19.6. The Labute approximate surface area is 184 Å². The van der Waals surface area contributed by atoms with E-state index in [1.807, 2.05) is 42.5 Å². The number of hydrogen-bond acceptors (Lipinski definition) is 6. The first-order valence-corrected chi connectivity index (χ1v) is 9.89. The molecule has 4 rings (SSSR count). The average Bonchev–Trinajstić information content (AvgIpc) is 3.26. The van der Waals surface area contributed by atoms with Gasteiger partial charge in [-0.1, -0.05) is 6.07 Å². The van der Waals surface area contributed by atoms with Gasteiger partial charge in [-0.15, -0.1) is 0 Å². The molecule has 0 fully saturated rings. The van der Waals surface area contributed by atoms with Gasteiger partial charge in [0.2, 0.25) is 12.7 Å². The quantitative estimate of drug-likeness (QED) is 0.439. The summed E-state index contributed by atoms with van der Waals surface area (Å²) in [7, 11) is 0. The standard InChI is InChI=1S/C24H21N3O5/c1-16(28)26-20-7-5-19(6-8-20)24(29)27-25-13-17-2-9-21(10-3-17)30-14-18-4-11-22-23(12-18)32-15-31-22/h2-13H,14-15H2,1H3,(H,26,28)(H,27,29). The zero-order valence-electron chi connectivity index (χ0n) is 17.3. The van der Waals surface area contributed by atoms with Gasteiger partial charge in [0.25, 0.3) is 5.91 Å². The van der Waals surface area contributed by atoms with Gasteiger partial charge in [-0.3, -0.25) is 9.59 Å². The van der Waals surface area contributed by atoms with E-state index >= 15 is 0 Å². The molecule has 0 saturated heterocycles. The van der Waals surface area contributed by atoms with Crippen molar-refractivity contribution < 1.29 is 23.8 Å². The maximum absolute atomic E-state index is 12.2. The third-order valence-corrected chi connectivity index (χ3v) is 4.57. The Morgan fingerprint density at radius 3 is 2.50 bits per heavy atom. The third kappa shape index (κ3) is 5.42. The van der Waals surface area contributed by atoms with Crippen molar-refractivity contribution in [3.63, 3.8) is 0 Å². The van der Waals surface area contributed by atoms with E-state index in [2.05, 4.69) is 15.8 Å². The van der Waals surface area contributed by atoms with E-state index in [-0.39, 0.29) is 18.6 Å². The van der Waals surface area contributed by atoms with Crippen LogP contribution >= 0.6 is 0 Å². The van der Waals surface area contributed by atoms with Crippen molar-refractivity contribution >= 4 is 23.7 Å². The van der Waals surface area contributed by atoms with Gasteiger partial charge < -0.3 is 19.5 Å². The van der Waals surface area contributed by atoms with Crippen LogP contribution in [0.1, 0.15) is 28.4 Å². The second-order valence-electron chi connectivity index (χ2n) is 7.00. The van der Waals surface area contributed by atoms with Crippen molar-refractivity contribution in [2.24, 2.45) is 5.10 Å². The molecule has 0 bridgehead atoms. The largest absolute Gasteiger partial charge is 0.489 e. The Morgan fingerprint density at radius 1 is 1.00 bits per heavy atom. The molecule has 0 saturated carbocycles. The molecule has 32 heavy (non-hydrogen) atoms. The van der Waals surface area contributed by atoms with Crippen LogP contribution in [0.4, 0.5) is 5.69 Å². The van der Waals surface area contributed by atoms with Crippen LogP contribution in [0.5, 0.6) is 17.2 Å². The summed E-state index contributed by atoms with van der Waals surface area (Å²) in [4.78, 5) is 23.2. The van der Waals surface area contributed by atoms with Crippen LogP contribution in [0, 0.1) is 0 Å². The first kappa shape index (κ1) is 20.9. The fraction of sp³-hybridized carbons (Fsp3) is 0.125. The summed E-state index contributed by atoms with van der Waals surface area (Å²) < 4.78 is 16.5. The van der Waals surface area contributed by atoms with Crippen LogP contribution in [-0.2, 0) is 11.4 Å². The van der Waals surface area contributed by atoms with Gasteiger partial charge in [0.1, 0.15) is 12.4 Å². The van der Waals surface area contributed by atoms with E-state index < -0.39 is 0 Å². The van der Waals surface area contributed by atoms with Gasteiger partial charge in [-0.2, -0.15) is 5.10 Å². The molecular weight excluding hydrogens is 410 g/mol. The lowest BCUT2D eigenvalue weighted by atomic mass is 10.2. The summed E-state index contributed by atoms with van der Waals surface area (Å²) >= 11 is 0. The molecule has 1 aliphatic rings. The van der Waals surface area contributed by atoms with Crippen LogP contribution in [0.15, 0.2) is 71.8 Å². The number of rotatable bonds is 7. The maximum Gasteiger partial charge on any atom is 0.271 e. The van der Waals surface area contributed by atoms with Crippen molar-refractivity contribution in [2.45, 2.75) is 13.5 Å². The summed E-state index contributed by atoms with van der Waals surface area (Å²) in [5, 5.41) is 6.63. The molecule has 0 spiro atoms. The second kappa shape index (κ2) is 9.65. The van der Waals surface area contributed by atoms with Crippen LogP contribution in [-0.4, -0.2) is 24.8 Å². The van der Waals surface area contributed by atoms with E-state index in [1.54, 1.807) is 30.5 Å². The fourth-order valence-electron chi connectivity index (χ4n) is 2.99. The van der Waals surface area contributed by atoms with Crippen molar-refractivity contribution in [2.75, 3.05) is 12.1 Å². The summed E-state index contributed by atoms with van der Waals surface area (Å²) in [5.74, 6) is 1.66. The molecule has 162 valence electrons. The summed E-state index contributed by atoms with van der Waals surface area (Å²) in [6.45, 7) is 2.07. The third-order valence-electron chi connectivity index (χ3n) is 4.57. The molecule has 0 atom stereocenters. The number of carbonyl (C=O) groups is 2. The van der Waals surface area contributed by atoms with E-state index in [4.69, 9.17) is 14.2 Å². The molecule has 0 radical (unpaired) electrons. The maximum atomic E-state index is 12.2. The summed E-state index contributed by atoms with van der Waals surface area (Å²) in [6.07, 6.45) is 1.55. The summed E-state index contributed by atoms with van der Waals surface area (Å²) in [5.41, 5.74) is 5.32. The van der Waals surface area contributed by atoms with E-state index in [0.717, 1.165) is 22.6 Å². The molecule has 3 aromatic carbocycles. The first-order valence-electron chi connectivity index (χ1n) is 9.89. The Bertz CT molecular complexity index is 1140. The van der Waals surface area contributed by atoms with Crippen LogP contribution in [0.3, 0.4) is 0 Å². The molecule has 0 aromatic heterocycles. The van der Waals surface area contributed by atoms with Crippen LogP contribution in [0.2, 0.25) is 0 Å². The van der Waals surface area contributed by atoms with Crippen LogP contribution < -0.4 is 25.0 Å². The highest BCUT2D eigenvalue weighted by Gasteiger charge is 2.13. The molecular formula is C24H21N3O5. The van der Waals surface area contributed by atoms with E-state index in [9.17, 15) is 9.59 Å². The molecule has 2 N–H and O–H groups in total. The first-order chi connectivity index (χ1) is 15.6. The van der Waals surface area contributed by atoms with Gasteiger partial charge in [0, 0.05) is 18.2 Å². The smallest absolute Gasteiger partial charge is 0.271 e. The Balaban J connectivity index is 1.26. The Morgan fingerprint density at radius 2 is 1.75 bits per heavy atom.